The minimum absolute atomic E-state index is 0.141. The number of carbonyl (C=O) groups is 1. The van der Waals surface area contributed by atoms with Gasteiger partial charge in [0.2, 0.25) is 0 Å². The number of aromatic nitrogens is 2. The summed E-state index contributed by atoms with van der Waals surface area (Å²) < 4.78 is 1.50. The highest BCUT2D eigenvalue weighted by atomic mass is 16.3. The van der Waals surface area contributed by atoms with Gasteiger partial charge in [0, 0.05) is 23.3 Å². The molecule has 4 heteroatoms. The Morgan fingerprint density at radius 1 is 1.11 bits per heavy atom. The van der Waals surface area contributed by atoms with Crippen molar-refractivity contribution < 1.29 is 9.90 Å². The third-order valence-electron chi connectivity index (χ3n) is 2.78. The van der Waals surface area contributed by atoms with Gasteiger partial charge in [-0.15, -0.1) is 0 Å². The Morgan fingerprint density at radius 3 is 2.67 bits per heavy atom. The molecular weight excluding hydrogens is 228 g/mol. The molecule has 3 aromatic rings. The summed E-state index contributed by atoms with van der Waals surface area (Å²) in [6.07, 6.45) is 3.36. The van der Waals surface area contributed by atoms with Crippen molar-refractivity contribution in [1.82, 2.24) is 9.55 Å². The number of nitrogens with zero attached hydrogens (tertiary/aromatic N) is 2. The molecular formula is C14H10N2O2. The molecule has 88 valence electrons. The van der Waals surface area contributed by atoms with Crippen LogP contribution in [0.3, 0.4) is 0 Å². The van der Waals surface area contributed by atoms with Crippen LogP contribution in [0.15, 0.2) is 54.9 Å². The molecule has 1 N–H and O–H groups in total. The van der Waals surface area contributed by atoms with Crippen molar-refractivity contribution in [3.05, 3.63) is 60.4 Å². The number of hydrogen-bond donors (Lipinski definition) is 1. The molecule has 18 heavy (non-hydrogen) atoms. The Balaban J connectivity index is 2.09. The van der Waals surface area contributed by atoms with Gasteiger partial charge in [-0.05, 0) is 42.5 Å². The van der Waals surface area contributed by atoms with Crippen molar-refractivity contribution in [2.45, 2.75) is 0 Å². The molecule has 0 bridgehead atoms. The first-order chi connectivity index (χ1) is 8.75. The Hall–Kier alpha value is -2.62. The number of phenols is 1. The van der Waals surface area contributed by atoms with Crippen LogP contribution >= 0.6 is 0 Å². The fourth-order valence-electron chi connectivity index (χ4n) is 1.87. The van der Waals surface area contributed by atoms with Crippen LogP contribution in [0.4, 0.5) is 0 Å². The summed E-state index contributed by atoms with van der Waals surface area (Å²) in [5, 5.41) is 10.1. The average Bonchev–Trinajstić information content (AvgIpc) is 2.82. The monoisotopic (exact) mass is 238 g/mol. The summed E-state index contributed by atoms with van der Waals surface area (Å²) >= 11 is 0. The van der Waals surface area contributed by atoms with E-state index in [1.165, 1.54) is 16.7 Å². The molecule has 4 nitrogen and oxygen atoms in total. The van der Waals surface area contributed by atoms with Crippen molar-refractivity contribution >= 4 is 16.9 Å². The lowest BCUT2D eigenvalue weighted by atomic mass is 10.2. The fourth-order valence-corrected chi connectivity index (χ4v) is 1.87. The van der Waals surface area contributed by atoms with Gasteiger partial charge in [-0.25, -0.2) is 4.98 Å². The molecule has 0 aliphatic rings. The summed E-state index contributed by atoms with van der Waals surface area (Å²) in [6.45, 7) is 0. The number of phenolic OH excluding ortho intramolecular Hbond substituents is 1. The molecule has 2 heterocycles. The normalized spacial score (nSPS) is 10.7. The number of hydrogen-bond acceptors (Lipinski definition) is 3. The maximum atomic E-state index is 12.3. The number of carbonyl (C=O) groups excluding carboxylic acids is 1. The van der Waals surface area contributed by atoms with Crippen molar-refractivity contribution in [3.8, 4) is 5.75 Å². The quantitative estimate of drug-likeness (QED) is 0.708. The van der Waals surface area contributed by atoms with Crippen molar-refractivity contribution in [2.75, 3.05) is 0 Å². The largest absolute Gasteiger partial charge is 0.508 e. The fraction of sp³-hybridized carbons (Fsp3) is 0. The molecule has 0 aliphatic carbocycles. The first kappa shape index (κ1) is 10.5. The van der Waals surface area contributed by atoms with Crippen LogP contribution in [-0.4, -0.2) is 20.6 Å². The molecule has 0 saturated heterocycles. The van der Waals surface area contributed by atoms with Gasteiger partial charge in [-0.3, -0.25) is 9.36 Å². The van der Waals surface area contributed by atoms with Crippen molar-refractivity contribution in [2.24, 2.45) is 0 Å². The third-order valence-corrected chi connectivity index (χ3v) is 2.78. The summed E-state index contributed by atoms with van der Waals surface area (Å²) in [6, 6.07) is 11.7. The van der Waals surface area contributed by atoms with Crippen LogP contribution in [0.5, 0.6) is 5.75 Å². The number of fused-ring (bicyclic) bond motifs is 1. The van der Waals surface area contributed by atoms with Gasteiger partial charge in [0.1, 0.15) is 11.4 Å². The van der Waals surface area contributed by atoms with Gasteiger partial charge in [0.25, 0.3) is 5.91 Å². The van der Waals surface area contributed by atoms with E-state index in [9.17, 15) is 9.90 Å². The van der Waals surface area contributed by atoms with E-state index >= 15 is 0 Å². The predicted octanol–water partition coefficient (Wildman–Crippen LogP) is 2.43. The van der Waals surface area contributed by atoms with Gasteiger partial charge < -0.3 is 5.11 Å². The molecule has 0 radical (unpaired) electrons. The predicted molar refractivity (Wildman–Crippen MR) is 67.6 cm³/mol. The van der Waals surface area contributed by atoms with Gasteiger partial charge in [-0.2, -0.15) is 0 Å². The van der Waals surface area contributed by atoms with E-state index in [1.54, 1.807) is 24.5 Å². The topological polar surface area (TPSA) is 55.1 Å². The van der Waals surface area contributed by atoms with E-state index in [1.807, 2.05) is 18.2 Å². The van der Waals surface area contributed by atoms with Gasteiger partial charge in [-0.1, -0.05) is 0 Å². The Kier molecular flexibility index (Phi) is 2.34. The zero-order valence-electron chi connectivity index (χ0n) is 9.45. The van der Waals surface area contributed by atoms with E-state index < -0.39 is 0 Å². The highest BCUT2D eigenvalue weighted by Gasteiger charge is 2.11. The van der Waals surface area contributed by atoms with Gasteiger partial charge in [0.15, 0.2) is 0 Å². The van der Waals surface area contributed by atoms with E-state index in [4.69, 9.17) is 0 Å². The summed E-state index contributed by atoms with van der Waals surface area (Å²) in [4.78, 5) is 16.5. The zero-order valence-corrected chi connectivity index (χ0v) is 9.45. The third kappa shape index (κ3) is 1.64. The highest BCUT2D eigenvalue weighted by Crippen LogP contribution is 2.16. The number of rotatable bonds is 1. The maximum absolute atomic E-state index is 12.3. The molecule has 1 aromatic carbocycles. The Morgan fingerprint density at radius 2 is 1.89 bits per heavy atom. The molecule has 0 unspecified atom stereocenters. The van der Waals surface area contributed by atoms with Gasteiger partial charge >= 0.3 is 0 Å². The zero-order chi connectivity index (χ0) is 12.5. The summed E-state index contributed by atoms with van der Waals surface area (Å²) in [5.74, 6) is -0.0225. The van der Waals surface area contributed by atoms with E-state index in [2.05, 4.69) is 4.98 Å². The molecule has 2 aromatic heterocycles. The van der Waals surface area contributed by atoms with Gasteiger partial charge in [0.05, 0.1) is 0 Å². The van der Waals surface area contributed by atoms with Crippen LogP contribution in [0.2, 0.25) is 0 Å². The van der Waals surface area contributed by atoms with Crippen molar-refractivity contribution in [1.29, 1.82) is 0 Å². The number of aromatic hydroxyl groups is 1. The van der Waals surface area contributed by atoms with Crippen LogP contribution in [0.1, 0.15) is 10.4 Å². The second-order valence-electron chi connectivity index (χ2n) is 3.95. The Labute approximate surface area is 103 Å². The molecule has 0 atom stereocenters. The second kappa shape index (κ2) is 4.00. The second-order valence-corrected chi connectivity index (χ2v) is 3.95. The first-order valence-electron chi connectivity index (χ1n) is 5.51. The Bertz CT molecular complexity index is 714. The minimum Gasteiger partial charge on any atom is -0.508 e. The van der Waals surface area contributed by atoms with Crippen LogP contribution < -0.4 is 0 Å². The lowest BCUT2D eigenvalue weighted by Gasteiger charge is -2.03. The summed E-state index contributed by atoms with van der Waals surface area (Å²) in [7, 11) is 0. The number of benzene rings is 1. The maximum Gasteiger partial charge on any atom is 0.263 e. The molecule has 0 fully saturated rings. The molecule has 0 spiro atoms. The smallest absolute Gasteiger partial charge is 0.263 e. The lowest BCUT2D eigenvalue weighted by molar-refractivity contribution is 0.0964. The standard InChI is InChI=1S/C14H10N2O2/c17-12-5-3-11(4-6-12)14(18)16-9-7-10-2-1-8-15-13(10)16/h1-9,17H. The SMILES string of the molecule is O=C(c1ccc(O)cc1)n1ccc2cccnc21. The van der Waals surface area contributed by atoms with E-state index in [0.717, 1.165) is 5.39 Å². The molecule has 0 aliphatic heterocycles. The minimum atomic E-state index is -0.163. The number of pyridine rings is 1. The van der Waals surface area contributed by atoms with Crippen molar-refractivity contribution in [3.63, 3.8) is 0 Å². The van der Waals surface area contributed by atoms with Crippen LogP contribution in [0.25, 0.3) is 11.0 Å². The first-order valence-corrected chi connectivity index (χ1v) is 5.51. The molecule has 0 amide bonds. The van der Waals surface area contributed by atoms with E-state index in [-0.39, 0.29) is 11.7 Å². The lowest BCUT2D eigenvalue weighted by Crippen LogP contribution is -2.10. The average molecular weight is 238 g/mol. The molecule has 0 saturated carbocycles. The van der Waals surface area contributed by atoms with E-state index in [0.29, 0.717) is 11.2 Å². The molecule has 3 rings (SSSR count). The summed E-state index contributed by atoms with van der Waals surface area (Å²) in [5.41, 5.74) is 1.14. The highest BCUT2D eigenvalue weighted by molar-refractivity contribution is 6.01. The van der Waals surface area contributed by atoms with Crippen LogP contribution in [-0.2, 0) is 0 Å². The van der Waals surface area contributed by atoms with Crippen LogP contribution in [0, 0.1) is 0 Å².